The van der Waals surface area contributed by atoms with Crippen LogP contribution in [0.2, 0.25) is 0 Å². The summed E-state index contributed by atoms with van der Waals surface area (Å²) >= 11 is 3.46. The van der Waals surface area contributed by atoms with Crippen molar-refractivity contribution in [2.45, 2.75) is 6.92 Å². The van der Waals surface area contributed by atoms with Crippen LogP contribution in [0.5, 0.6) is 0 Å². The fourth-order valence-corrected chi connectivity index (χ4v) is 3.29. The van der Waals surface area contributed by atoms with E-state index in [1.165, 1.54) is 0 Å². The molecule has 0 atom stereocenters. The second-order valence-electron chi connectivity index (χ2n) is 5.69. The highest BCUT2D eigenvalue weighted by molar-refractivity contribution is 9.10. The molecule has 4 aromatic rings. The Morgan fingerprint density at radius 1 is 1.12 bits per heavy atom. The summed E-state index contributed by atoms with van der Waals surface area (Å²) in [6, 6.07) is 15.9. The SMILES string of the molecule is CCOC(=O)c1cc(-c2ccc(Br)cc2)c2ccc3nccc3c2[nH]1. The quantitative estimate of drug-likeness (QED) is 0.478. The number of benzene rings is 2. The number of pyridine rings is 1. The number of halogens is 1. The predicted octanol–water partition coefficient (Wildman–Crippen LogP) is 5.32. The van der Waals surface area contributed by atoms with E-state index in [9.17, 15) is 4.79 Å². The second kappa shape index (κ2) is 6.33. The Labute approximate surface area is 153 Å². The van der Waals surface area contributed by atoms with Crippen LogP contribution >= 0.6 is 15.9 Å². The fourth-order valence-electron chi connectivity index (χ4n) is 3.02. The summed E-state index contributed by atoms with van der Waals surface area (Å²) in [7, 11) is 0. The van der Waals surface area contributed by atoms with Gasteiger partial charge in [-0.1, -0.05) is 34.1 Å². The van der Waals surface area contributed by atoms with Crippen LogP contribution in [0.4, 0.5) is 0 Å². The summed E-state index contributed by atoms with van der Waals surface area (Å²) in [5.74, 6) is -0.362. The summed E-state index contributed by atoms with van der Waals surface area (Å²) in [5, 5.41) is 2.03. The first kappa shape index (κ1) is 15.8. The van der Waals surface area contributed by atoms with Crippen molar-refractivity contribution >= 4 is 43.7 Å². The average molecular weight is 395 g/mol. The Morgan fingerprint density at radius 3 is 2.68 bits per heavy atom. The van der Waals surface area contributed by atoms with Crippen LogP contribution < -0.4 is 0 Å². The summed E-state index contributed by atoms with van der Waals surface area (Å²) in [6.07, 6.45) is 1.77. The maximum Gasteiger partial charge on any atom is 0.354 e. The number of aromatic amines is 1. The Bertz CT molecular complexity index is 1080. The molecule has 0 saturated carbocycles. The lowest BCUT2D eigenvalue weighted by Gasteiger charge is -2.12. The van der Waals surface area contributed by atoms with Gasteiger partial charge in [-0.3, -0.25) is 4.98 Å². The van der Waals surface area contributed by atoms with E-state index in [0.717, 1.165) is 37.4 Å². The number of nitrogens with zero attached hydrogens (tertiary/aromatic N) is 1. The number of hydrogen-bond acceptors (Lipinski definition) is 3. The number of fused-ring (bicyclic) bond motifs is 3. The van der Waals surface area contributed by atoms with Crippen LogP contribution in [-0.4, -0.2) is 22.5 Å². The fraction of sp³-hybridized carbons (Fsp3) is 0.100. The van der Waals surface area contributed by atoms with Crippen LogP contribution in [0.15, 0.2) is 59.2 Å². The average Bonchev–Trinajstić information content (AvgIpc) is 3.11. The number of esters is 1. The van der Waals surface area contributed by atoms with E-state index in [2.05, 4.69) is 25.9 Å². The monoisotopic (exact) mass is 394 g/mol. The molecule has 124 valence electrons. The van der Waals surface area contributed by atoms with Gasteiger partial charge < -0.3 is 9.72 Å². The third-order valence-electron chi connectivity index (χ3n) is 4.17. The molecular formula is C20H15BrN2O2. The van der Waals surface area contributed by atoms with E-state index < -0.39 is 0 Å². The lowest BCUT2D eigenvalue weighted by Crippen LogP contribution is -2.07. The molecule has 0 aliphatic heterocycles. The molecule has 2 heterocycles. The first-order valence-electron chi connectivity index (χ1n) is 8.01. The number of nitrogens with one attached hydrogen (secondary N) is 1. The van der Waals surface area contributed by atoms with E-state index >= 15 is 0 Å². The van der Waals surface area contributed by atoms with Crippen molar-refractivity contribution in [2.75, 3.05) is 6.61 Å². The van der Waals surface area contributed by atoms with E-state index in [4.69, 9.17) is 4.74 Å². The van der Waals surface area contributed by atoms with Crippen molar-refractivity contribution in [3.63, 3.8) is 0 Å². The van der Waals surface area contributed by atoms with Gasteiger partial charge in [-0.15, -0.1) is 0 Å². The normalized spacial score (nSPS) is 11.1. The molecule has 0 radical (unpaired) electrons. The van der Waals surface area contributed by atoms with Gasteiger partial charge in [0.15, 0.2) is 0 Å². The summed E-state index contributed by atoms with van der Waals surface area (Å²) in [4.78, 5) is 19.9. The Kier molecular flexibility index (Phi) is 4.01. The minimum atomic E-state index is -0.362. The third-order valence-corrected chi connectivity index (χ3v) is 4.70. The highest BCUT2D eigenvalue weighted by atomic mass is 79.9. The number of aromatic nitrogens is 2. The molecule has 0 saturated heterocycles. The number of ether oxygens (including phenoxy) is 1. The number of carbonyl (C=O) groups is 1. The predicted molar refractivity (Wildman–Crippen MR) is 103 cm³/mol. The lowest BCUT2D eigenvalue weighted by atomic mass is 9.99. The molecule has 1 N–H and O–H groups in total. The van der Waals surface area contributed by atoms with Gasteiger partial charge in [0.05, 0.1) is 17.6 Å². The molecule has 25 heavy (non-hydrogen) atoms. The van der Waals surface area contributed by atoms with Crippen LogP contribution in [0.3, 0.4) is 0 Å². The van der Waals surface area contributed by atoms with Crippen LogP contribution in [0, 0.1) is 0 Å². The number of rotatable bonds is 3. The smallest absolute Gasteiger partial charge is 0.354 e. The van der Waals surface area contributed by atoms with Crippen molar-refractivity contribution in [1.29, 1.82) is 0 Å². The van der Waals surface area contributed by atoms with Gasteiger partial charge >= 0.3 is 5.97 Å². The first-order chi connectivity index (χ1) is 12.2. The van der Waals surface area contributed by atoms with Gasteiger partial charge in [0.2, 0.25) is 0 Å². The van der Waals surface area contributed by atoms with Gasteiger partial charge in [-0.2, -0.15) is 0 Å². The highest BCUT2D eigenvalue weighted by Crippen LogP contribution is 2.33. The van der Waals surface area contributed by atoms with Crippen molar-refractivity contribution in [3.8, 4) is 11.1 Å². The van der Waals surface area contributed by atoms with Gasteiger partial charge in [-0.05, 0) is 48.4 Å². The molecule has 0 amide bonds. The maximum atomic E-state index is 12.3. The summed E-state index contributed by atoms with van der Waals surface area (Å²) in [6.45, 7) is 2.13. The van der Waals surface area contributed by atoms with Gasteiger partial charge in [0, 0.05) is 21.4 Å². The molecule has 0 bridgehead atoms. The largest absolute Gasteiger partial charge is 0.461 e. The molecule has 5 heteroatoms. The van der Waals surface area contributed by atoms with Gasteiger partial charge in [-0.25, -0.2) is 4.79 Å². The maximum absolute atomic E-state index is 12.3. The van der Waals surface area contributed by atoms with Crippen LogP contribution in [0.1, 0.15) is 17.4 Å². The van der Waals surface area contributed by atoms with Gasteiger partial charge in [0.25, 0.3) is 0 Å². The molecule has 4 nitrogen and oxygen atoms in total. The Morgan fingerprint density at radius 2 is 1.92 bits per heavy atom. The second-order valence-corrected chi connectivity index (χ2v) is 6.61. The van der Waals surface area contributed by atoms with Crippen LogP contribution in [0.25, 0.3) is 32.9 Å². The number of H-pyrrole nitrogens is 1. The standard InChI is InChI=1S/C20H15BrN2O2/c1-2-25-20(24)18-11-16(12-3-5-13(21)6-4-12)14-7-8-17-15(9-10-22-17)19(14)23-18/h3-11,23H,2H2,1H3. The molecule has 0 unspecified atom stereocenters. The molecule has 0 fully saturated rings. The molecule has 4 rings (SSSR count). The van der Waals surface area contributed by atoms with Crippen molar-refractivity contribution in [3.05, 3.63) is 64.9 Å². The molecule has 2 aromatic carbocycles. The zero-order chi connectivity index (χ0) is 17.4. The first-order valence-corrected chi connectivity index (χ1v) is 8.80. The van der Waals surface area contributed by atoms with Crippen molar-refractivity contribution in [2.24, 2.45) is 0 Å². The van der Waals surface area contributed by atoms with E-state index in [1.54, 1.807) is 13.1 Å². The molecule has 2 aromatic heterocycles. The molecule has 0 aliphatic carbocycles. The van der Waals surface area contributed by atoms with Crippen LogP contribution in [-0.2, 0) is 4.74 Å². The Hall–Kier alpha value is -2.66. The van der Waals surface area contributed by atoms with E-state index in [-0.39, 0.29) is 5.97 Å². The molecular weight excluding hydrogens is 380 g/mol. The summed E-state index contributed by atoms with van der Waals surface area (Å²) < 4.78 is 6.20. The minimum absolute atomic E-state index is 0.334. The van der Waals surface area contributed by atoms with E-state index in [0.29, 0.717) is 12.3 Å². The van der Waals surface area contributed by atoms with Crippen molar-refractivity contribution in [1.82, 2.24) is 9.97 Å². The number of hydrogen-bond donors (Lipinski definition) is 1. The lowest BCUT2D eigenvalue weighted by molar-refractivity contribution is 0.0520. The minimum Gasteiger partial charge on any atom is -0.461 e. The molecule has 0 spiro atoms. The zero-order valence-electron chi connectivity index (χ0n) is 13.5. The highest BCUT2D eigenvalue weighted by Gasteiger charge is 2.15. The zero-order valence-corrected chi connectivity index (χ0v) is 15.1. The third kappa shape index (κ3) is 2.81. The van der Waals surface area contributed by atoms with Crippen molar-refractivity contribution < 1.29 is 9.53 Å². The number of carbonyl (C=O) groups excluding carboxylic acids is 1. The van der Waals surface area contributed by atoms with E-state index in [1.807, 2.05) is 48.5 Å². The molecule has 0 aliphatic rings. The Balaban J connectivity index is 2.04. The summed E-state index contributed by atoms with van der Waals surface area (Å²) in [5.41, 5.74) is 4.23. The van der Waals surface area contributed by atoms with Gasteiger partial charge in [0.1, 0.15) is 5.69 Å². The topological polar surface area (TPSA) is 55.0 Å².